The standard InChI is InChI=1S/C45H27N5/c1-2-6-36-35(5-1)37(16-17-38(36)41-20-15-32-10-9-31-4-3-23-47-44(31)45(32)50-41)40-19-14-29-8-12-34(27-43(29)49-40)33-11-7-28-13-18-39(48-42(28)26-33)30-21-24-46-25-22-30/h1-27H. The highest BCUT2D eigenvalue weighted by Crippen LogP contribution is 2.37. The molecule has 5 aromatic heterocycles. The van der Waals surface area contributed by atoms with Gasteiger partial charge in [0.15, 0.2) is 0 Å². The smallest absolute Gasteiger partial charge is 0.0972 e. The summed E-state index contributed by atoms with van der Waals surface area (Å²) in [6.45, 7) is 0. The minimum atomic E-state index is 0.914. The highest BCUT2D eigenvalue weighted by Gasteiger charge is 2.14. The molecule has 5 heteroatoms. The van der Waals surface area contributed by atoms with Crippen molar-refractivity contribution in [3.8, 4) is 44.9 Å². The number of rotatable bonds is 4. The fourth-order valence-corrected chi connectivity index (χ4v) is 7.05. The third-order valence-corrected chi connectivity index (χ3v) is 9.60. The summed E-state index contributed by atoms with van der Waals surface area (Å²) in [7, 11) is 0. The average molecular weight is 638 g/mol. The molecule has 5 aromatic carbocycles. The van der Waals surface area contributed by atoms with E-state index in [-0.39, 0.29) is 0 Å². The Bertz CT molecular complexity index is 2940. The Hall–Kier alpha value is -6.85. The van der Waals surface area contributed by atoms with Crippen LogP contribution in [0.3, 0.4) is 0 Å². The molecular formula is C45H27N5. The van der Waals surface area contributed by atoms with Crippen LogP contribution in [0.2, 0.25) is 0 Å². The quantitative estimate of drug-likeness (QED) is 0.180. The Kier molecular flexibility index (Phi) is 6.42. The van der Waals surface area contributed by atoms with Crippen molar-refractivity contribution in [1.82, 2.24) is 24.9 Å². The number of aromatic nitrogens is 5. The van der Waals surface area contributed by atoms with E-state index in [9.17, 15) is 0 Å². The number of pyridine rings is 5. The molecule has 0 aliphatic rings. The minimum absolute atomic E-state index is 0.914. The Balaban J connectivity index is 1.06. The Morgan fingerprint density at radius 3 is 1.56 bits per heavy atom. The van der Waals surface area contributed by atoms with Crippen LogP contribution in [0.1, 0.15) is 0 Å². The average Bonchev–Trinajstić information content (AvgIpc) is 3.19. The zero-order valence-electron chi connectivity index (χ0n) is 26.8. The molecule has 0 amide bonds. The van der Waals surface area contributed by atoms with Crippen molar-refractivity contribution in [2.45, 2.75) is 0 Å². The monoisotopic (exact) mass is 637 g/mol. The van der Waals surface area contributed by atoms with Gasteiger partial charge in [0.05, 0.1) is 39.1 Å². The lowest BCUT2D eigenvalue weighted by Gasteiger charge is -2.13. The highest BCUT2D eigenvalue weighted by atomic mass is 14.8. The van der Waals surface area contributed by atoms with Crippen LogP contribution < -0.4 is 0 Å². The molecule has 0 bridgehead atoms. The van der Waals surface area contributed by atoms with Crippen molar-refractivity contribution in [2.75, 3.05) is 0 Å². The van der Waals surface area contributed by atoms with Gasteiger partial charge in [-0.05, 0) is 70.4 Å². The van der Waals surface area contributed by atoms with Crippen LogP contribution in [-0.2, 0) is 0 Å². The summed E-state index contributed by atoms with van der Waals surface area (Å²) in [5.41, 5.74) is 11.9. The first-order valence-electron chi connectivity index (χ1n) is 16.6. The van der Waals surface area contributed by atoms with Gasteiger partial charge in [0.25, 0.3) is 0 Å². The Morgan fingerprint density at radius 2 is 0.880 bits per heavy atom. The van der Waals surface area contributed by atoms with E-state index in [0.717, 1.165) is 99.3 Å². The third kappa shape index (κ3) is 4.75. The van der Waals surface area contributed by atoms with Gasteiger partial charge in [0.1, 0.15) is 0 Å². The summed E-state index contributed by atoms with van der Waals surface area (Å²) in [6, 6.07) is 50.8. The molecule has 0 aliphatic carbocycles. The second kappa shape index (κ2) is 11.4. The maximum atomic E-state index is 5.23. The zero-order chi connectivity index (χ0) is 33.0. The van der Waals surface area contributed by atoms with Crippen LogP contribution >= 0.6 is 0 Å². The maximum absolute atomic E-state index is 5.23. The Morgan fingerprint density at radius 1 is 0.340 bits per heavy atom. The molecule has 0 spiro atoms. The lowest BCUT2D eigenvalue weighted by Crippen LogP contribution is -1.92. The molecule has 0 aliphatic heterocycles. The van der Waals surface area contributed by atoms with E-state index < -0.39 is 0 Å². The van der Waals surface area contributed by atoms with Crippen molar-refractivity contribution in [1.29, 1.82) is 0 Å². The zero-order valence-corrected chi connectivity index (χ0v) is 26.8. The SMILES string of the molecule is c1cnc2c(c1)ccc1ccc(-c3ccc(-c4ccc5ccc(-c6ccc7ccc(-c8ccncc8)nc7c6)cc5n4)c4ccccc34)nc12. The molecule has 0 unspecified atom stereocenters. The molecule has 0 radical (unpaired) electrons. The number of fused-ring (bicyclic) bond motifs is 6. The molecule has 10 rings (SSSR count). The van der Waals surface area contributed by atoms with Crippen LogP contribution in [0.5, 0.6) is 0 Å². The molecule has 0 saturated carbocycles. The normalized spacial score (nSPS) is 11.6. The van der Waals surface area contributed by atoms with E-state index in [1.54, 1.807) is 12.4 Å². The predicted octanol–water partition coefficient (Wildman–Crippen LogP) is 11.1. The lowest BCUT2D eigenvalue weighted by atomic mass is 9.95. The topological polar surface area (TPSA) is 64.5 Å². The van der Waals surface area contributed by atoms with Gasteiger partial charge in [-0.15, -0.1) is 0 Å². The van der Waals surface area contributed by atoms with E-state index in [4.69, 9.17) is 15.0 Å². The third-order valence-electron chi connectivity index (χ3n) is 9.60. The van der Waals surface area contributed by atoms with Gasteiger partial charge in [-0.3, -0.25) is 9.97 Å². The minimum Gasteiger partial charge on any atom is -0.265 e. The second-order valence-electron chi connectivity index (χ2n) is 12.6. The van der Waals surface area contributed by atoms with Gasteiger partial charge in [-0.1, -0.05) is 97.1 Å². The Labute approximate surface area is 287 Å². The molecule has 5 nitrogen and oxygen atoms in total. The van der Waals surface area contributed by atoms with Gasteiger partial charge in [-0.2, -0.15) is 0 Å². The summed E-state index contributed by atoms with van der Waals surface area (Å²) in [5.74, 6) is 0. The van der Waals surface area contributed by atoms with Crippen LogP contribution in [-0.4, -0.2) is 24.9 Å². The molecular weight excluding hydrogens is 611 g/mol. The fourth-order valence-electron chi connectivity index (χ4n) is 7.05. The molecule has 0 saturated heterocycles. The summed E-state index contributed by atoms with van der Waals surface area (Å²) in [4.78, 5) is 24.2. The van der Waals surface area contributed by atoms with Crippen molar-refractivity contribution >= 4 is 54.4 Å². The predicted molar refractivity (Wildman–Crippen MR) is 205 cm³/mol. The summed E-state index contributed by atoms with van der Waals surface area (Å²) >= 11 is 0. The van der Waals surface area contributed by atoms with Gasteiger partial charge in [0.2, 0.25) is 0 Å². The van der Waals surface area contributed by atoms with E-state index in [0.29, 0.717) is 0 Å². The second-order valence-corrected chi connectivity index (χ2v) is 12.6. The highest BCUT2D eigenvalue weighted by molar-refractivity contribution is 6.07. The van der Waals surface area contributed by atoms with Gasteiger partial charge in [0, 0.05) is 56.8 Å². The summed E-state index contributed by atoms with van der Waals surface area (Å²) in [6.07, 6.45) is 5.43. The van der Waals surface area contributed by atoms with E-state index in [1.165, 1.54) is 0 Å². The molecule has 50 heavy (non-hydrogen) atoms. The van der Waals surface area contributed by atoms with Gasteiger partial charge in [-0.25, -0.2) is 15.0 Å². The number of hydrogen-bond donors (Lipinski definition) is 0. The van der Waals surface area contributed by atoms with Gasteiger partial charge >= 0.3 is 0 Å². The van der Waals surface area contributed by atoms with E-state index in [1.807, 2.05) is 24.4 Å². The van der Waals surface area contributed by atoms with Crippen molar-refractivity contribution in [3.63, 3.8) is 0 Å². The van der Waals surface area contributed by atoms with Crippen molar-refractivity contribution in [2.24, 2.45) is 0 Å². The van der Waals surface area contributed by atoms with E-state index >= 15 is 0 Å². The molecule has 0 fully saturated rings. The van der Waals surface area contributed by atoms with Crippen molar-refractivity contribution in [3.05, 3.63) is 164 Å². The van der Waals surface area contributed by atoms with Crippen LogP contribution in [0.25, 0.3) is 99.3 Å². The fraction of sp³-hybridized carbons (Fsp3) is 0. The van der Waals surface area contributed by atoms with Crippen molar-refractivity contribution < 1.29 is 0 Å². The summed E-state index contributed by atoms with van der Waals surface area (Å²) in [5, 5.41) is 6.63. The molecule has 5 heterocycles. The maximum Gasteiger partial charge on any atom is 0.0972 e. The summed E-state index contributed by atoms with van der Waals surface area (Å²) < 4.78 is 0. The largest absolute Gasteiger partial charge is 0.265 e. The van der Waals surface area contributed by atoms with E-state index in [2.05, 4.69) is 137 Å². The van der Waals surface area contributed by atoms with Crippen LogP contribution in [0.4, 0.5) is 0 Å². The first-order valence-corrected chi connectivity index (χ1v) is 16.6. The molecule has 0 N–H and O–H groups in total. The molecule has 0 atom stereocenters. The van der Waals surface area contributed by atoms with Crippen LogP contribution in [0.15, 0.2) is 164 Å². The van der Waals surface area contributed by atoms with Crippen LogP contribution in [0, 0.1) is 0 Å². The molecule has 232 valence electrons. The lowest BCUT2D eigenvalue weighted by molar-refractivity contribution is 1.31. The molecule has 10 aromatic rings. The first-order chi connectivity index (χ1) is 24.7. The number of benzene rings is 5. The van der Waals surface area contributed by atoms with Gasteiger partial charge < -0.3 is 0 Å². The number of nitrogens with zero attached hydrogens (tertiary/aromatic N) is 5. The number of hydrogen-bond acceptors (Lipinski definition) is 5. The first kappa shape index (κ1) is 28.2.